The summed E-state index contributed by atoms with van der Waals surface area (Å²) < 4.78 is 11.7. The van der Waals surface area contributed by atoms with Gasteiger partial charge in [-0.15, -0.1) is 0 Å². The van der Waals surface area contributed by atoms with Gasteiger partial charge in [0.2, 0.25) is 5.91 Å². The van der Waals surface area contributed by atoms with E-state index in [1.54, 1.807) is 0 Å². The molecule has 0 aromatic heterocycles. The second-order valence-electron chi connectivity index (χ2n) is 15.8. The van der Waals surface area contributed by atoms with Gasteiger partial charge in [-0.2, -0.15) is 0 Å². The van der Waals surface area contributed by atoms with Crippen molar-refractivity contribution >= 4 is 17.8 Å². The quantitative estimate of drug-likeness (QED) is 0.289. The van der Waals surface area contributed by atoms with Gasteiger partial charge in [0.25, 0.3) is 0 Å². The predicted molar refractivity (Wildman–Crippen MR) is 160 cm³/mol. The number of rotatable bonds is 5. The molecule has 5 saturated carbocycles. The zero-order chi connectivity index (χ0) is 30.2. The Morgan fingerprint density at radius 2 is 1.51 bits per heavy atom. The van der Waals surface area contributed by atoms with Crippen LogP contribution in [0.3, 0.4) is 0 Å². The van der Waals surface area contributed by atoms with Crippen molar-refractivity contribution in [2.75, 3.05) is 13.7 Å². The maximum absolute atomic E-state index is 13.6. The van der Waals surface area contributed by atoms with E-state index in [9.17, 15) is 14.4 Å². The van der Waals surface area contributed by atoms with E-state index < -0.39 is 5.41 Å². The fourth-order valence-electron chi connectivity index (χ4n) is 12.4. The second-order valence-corrected chi connectivity index (χ2v) is 15.8. The zero-order valence-electron chi connectivity index (χ0n) is 27.0. The van der Waals surface area contributed by atoms with Gasteiger partial charge in [0.05, 0.1) is 5.41 Å². The number of esters is 2. The van der Waals surface area contributed by atoms with Crippen molar-refractivity contribution in [3.63, 3.8) is 0 Å². The Morgan fingerprint density at radius 3 is 2.12 bits per heavy atom. The van der Waals surface area contributed by atoms with Crippen LogP contribution in [-0.4, -0.2) is 37.6 Å². The van der Waals surface area contributed by atoms with E-state index in [2.05, 4.69) is 46.5 Å². The summed E-state index contributed by atoms with van der Waals surface area (Å²) in [4.78, 5) is 37.7. The Balaban J connectivity index is 1.53. The molecule has 0 spiro atoms. The molecule has 5 rings (SSSR count). The van der Waals surface area contributed by atoms with Gasteiger partial charge in [-0.05, 0) is 117 Å². The molecule has 0 aromatic carbocycles. The SMILES string of the molecule is C=C(C)[C@@H]1CC[C@]2(C(=O)NC)CC[C@]3(C)C(CC[C@@H]4[C@@]5(C)CCC(OC(C)=O)[C@@](C)(COC(C)=O)[C@@H]5CC[C@]43C)[C@@H]12. The van der Waals surface area contributed by atoms with E-state index in [0.717, 1.165) is 64.2 Å². The molecule has 0 aliphatic heterocycles. The highest BCUT2D eigenvalue weighted by atomic mass is 16.6. The molecule has 2 unspecified atom stereocenters. The minimum Gasteiger partial charge on any atom is -0.465 e. The van der Waals surface area contributed by atoms with Crippen molar-refractivity contribution in [1.82, 2.24) is 5.32 Å². The van der Waals surface area contributed by atoms with Gasteiger partial charge in [0.15, 0.2) is 0 Å². The lowest BCUT2D eigenvalue weighted by molar-refractivity contribution is -0.256. The van der Waals surface area contributed by atoms with Crippen LogP contribution in [0.15, 0.2) is 12.2 Å². The van der Waals surface area contributed by atoms with E-state index >= 15 is 0 Å². The van der Waals surface area contributed by atoms with E-state index in [-0.39, 0.29) is 45.6 Å². The van der Waals surface area contributed by atoms with Crippen LogP contribution in [0.1, 0.15) is 113 Å². The average molecular weight is 570 g/mol. The van der Waals surface area contributed by atoms with E-state index in [1.165, 1.54) is 19.4 Å². The molecular weight excluding hydrogens is 514 g/mol. The number of amides is 1. The third-order valence-corrected chi connectivity index (χ3v) is 14.4. The Hall–Kier alpha value is -1.85. The molecule has 5 aliphatic rings. The van der Waals surface area contributed by atoms with Gasteiger partial charge in [-0.3, -0.25) is 14.4 Å². The number of carbonyl (C=O) groups is 3. The van der Waals surface area contributed by atoms with Crippen LogP contribution in [0.2, 0.25) is 0 Å². The largest absolute Gasteiger partial charge is 0.465 e. The molecule has 6 nitrogen and oxygen atoms in total. The Kier molecular flexibility index (Phi) is 7.55. The summed E-state index contributed by atoms with van der Waals surface area (Å²) in [6.07, 6.45) is 10.2. The van der Waals surface area contributed by atoms with Crippen LogP contribution in [0, 0.1) is 56.7 Å². The van der Waals surface area contributed by atoms with Crippen LogP contribution in [0.25, 0.3) is 0 Å². The molecule has 11 atom stereocenters. The van der Waals surface area contributed by atoms with Gasteiger partial charge in [0.1, 0.15) is 12.7 Å². The summed E-state index contributed by atoms with van der Waals surface area (Å²) in [5.74, 6) is 1.82. The first-order chi connectivity index (χ1) is 19.1. The lowest BCUT2D eigenvalue weighted by Crippen LogP contribution is -2.68. The van der Waals surface area contributed by atoms with E-state index in [4.69, 9.17) is 9.47 Å². The summed E-state index contributed by atoms with van der Waals surface area (Å²) >= 11 is 0. The van der Waals surface area contributed by atoms with Crippen LogP contribution >= 0.6 is 0 Å². The molecule has 1 N–H and O–H groups in total. The minimum atomic E-state index is -0.416. The van der Waals surface area contributed by atoms with Gasteiger partial charge >= 0.3 is 11.9 Å². The number of ether oxygens (including phenoxy) is 2. The normalized spacial score (nSPS) is 48.5. The van der Waals surface area contributed by atoms with Crippen LogP contribution in [-0.2, 0) is 23.9 Å². The van der Waals surface area contributed by atoms with Crippen LogP contribution < -0.4 is 5.32 Å². The lowest BCUT2D eigenvalue weighted by atomic mass is 9.32. The van der Waals surface area contributed by atoms with Crippen molar-refractivity contribution in [2.45, 2.75) is 119 Å². The number of fused-ring (bicyclic) bond motifs is 7. The third kappa shape index (κ3) is 4.18. The summed E-state index contributed by atoms with van der Waals surface area (Å²) in [5.41, 5.74) is 0.916. The number of allylic oxidation sites excluding steroid dienone is 1. The summed E-state index contributed by atoms with van der Waals surface area (Å²) in [7, 11) is 1.81. The van der Waals surface area contributed by atoms with Gasteiger partial charge in [-0.25, -0.2) is 0 Å². The van der Waals surface area contributed by atoms with Crippen LogP contribution in [0.4, 0.5) is 0 Å². The topological polar surface area (TPSA) is 81.7 Å². The standard InChI is InChI=1S/C35H55NO5/c1-21(2)24-12-17-35(30(39)36-9)19-18-33(7)25(29(24)35)10-11-27-31(5)15-14-28(41-23(4)38)32(6,20-40-22(3)37)26(31)13-16-34(27,33)8/h24-29H,1,10-20H2,2-9H3,(H,36,39)/t24-,25?,26+,27+,28?,29+,31-,32-,33+,34+,35-/m0/s1. The Labute approximate surface area is 248 Å². The van der Waals surface area contributed by atoms with Gasteiger partial charge in [-0.1, -0.05) is 39.8 Å². The van der Waals surface area contributed by atoms with Crippen molar-refractivity contribution < 1.29 is 23.9 Å². The molecule has 0 saturated heterocycles. The van der Waals surface area contributed by atoms with E-state index in [0.29, 0.717) is 36.2 Å². The first kappa shape index (κ1) is 30.6. The average Bonchev–Trinajstić information content (AvgIpc) is 3.30. The van der Waals surface area contributed by atoms with Gasteiger partial charge < -0.3 is 14.8 Å². The maximum Gasteiger partial charge on any atom is 0.302 e. The minimum absolute atomic E-state index is 0.0608. The van der Waals surface area contributed by atoms with Crippen molar-refractivity contribution in [3.05, 3.63) is 12.2 Å². The smallest absolute Gasteiger partial charge is 0.302 e. The highest BCUT2D eigenvalue weighted by Gasteiger charge is 2.72. The first-order valence-corrected chi connectivity index (χ1v) is 16.3. The molecule has 6 heteroatoms. The zero-order valence-corrected chi connectivity index (χ0v) is 27.0. The Bertz CT molecular complexity index is 1120. The summed E-state index contributed by atoms with van der Waals surface area (Å²) in [6.45, 7) is 19.7. The molecule has 0 bridgehead atoms. The number of carbonyl (C=O) groups excluding carboxylic acids is 3. The number of nitrogens with one attached hydrogen (secondary N) is 1. The molecule has 0 heterocycles. The third-order valence-electron chi connectivity index (χ3n) is 14.4. The molecule has 0 radical (unpaired) electrons. The first-order valence-electron chi connectivity index (χ1n) is 16.3. The van der Waals surface area contributed by atoms with Crippen molar-refractivity contribution in [2.24, 2.45) is 56.7 Å². The fourth-order valence-corrected chi connectivity index (χ4v) is 12.4. The monoisotopic (exact) mass is 569 g/mol. The lowest BCUT2D eigenvalue weighted by Gasteiger charge is -2.73. The highest BCUT2D eigenvalue weighted by molar-refractivity contribution is 5.83. The van der Waals surface area contributed by atoms with E-state index in [1.807, 2.05) is 7.05 Å². The molecule has 0 aromatic rings. The molecule has 5 fully saturated rings. The number of hydrogen-bond donors (Lipinski definition) is 1. The predicted octanol–water partition coefficient (Wildman–Crippen LogP) is 6.86. The molecular formula is C35H55NO5. The highest BCUT2D eigenvalue weighted by Crippen LogP contribution is 2.77. The maximum atomic E-state index is 13.6. The summed E-state index contributed by atoms with van der Waals surface area (Å²) in [5, 5.41) is 3.08. The molecule has 230 valence electrons. The molecule has 5 aliphatic carbocycles. The Morgan fingerprint density at radius 1 is 0.805 bits per heavy atom. The molecule has 41 heavy (non-hydrogen) atoms. The van der Waals surface area contributed by atoms with Crippen molar-refractivity contribution in [3.8, 4) is 0 Å². The fraction of sp³-hybridized carbons (Fsp3) is 0.857. The second kappa shape index (κ2) is 10.1. The molecule has 1 amide bonds. The number of hydrogen-bond acceptors (Lipinski definition) is 5. The summed E-state index contributed by atoms with van der Waals surface area (Å²) in [6, 6.07) is 0. The van der Waals surface area contributed by atoms with Gasteiger partial charge in [0, 0.05) is 26.3 Å². The van der Waals surface area contributed by atoms with Crippen LogP contribution in [0.5, 0.6) is 0 Å². The van der Waals surface area contributed by atoms with Crippen molar-refractivity contribution in [1.29, 1.82) is 0 Å².